The largest absolute Gasteiger partial charge is 0.480 e. The smallest absolute Gasteiger partial charge is 0.322 e. The van der Waals surface area contributed by atoms with Crippen molar-refractivity contribution in [3.8, 4) is 0 Å². The minimum atomic E-state index is -3.76. The Morgan fingerprint density at radius 3 is 2.79 bits per heavy atom. The summed E-state index contributed by atoms with van der Waals surface area (Å²) in [6.07, 6.45) is 0.935. The zero-order chi connectivity index (χ0) is 14.2. The fourth-order valence-electron chi connectivity index (χ4n) is 2.25. The highest BCUT2D eigenvalue weighted by Gasteiger charge is 2.39. The van der Waals surface area contributed by atoms with Crippen molar-refractivity contribution in [3.05, 3.63) is 28.2 Å². The van der Waals surface area contributed by atoms with E-state index in [0.717, 1.165) is 4.31 Å². The topological polar surface area (TPSA) is 74.7 Å². The standard InChI is InChI=1S/C12H14BrNO4S/c1-8-4-5-9(13)7-11(8)19(17,18)14-6-2-3-10(14)12(15)16/h4-5,7,10H,2-3,6H2,1H3,(H,15,16). The molecule has 1 aromatic rings. The normalized spacial score (nSPS) is 20.6. The molecule has 1 fully saturated rings. The van der Waals surface area contributed by atoms with Gasteiger partial charge in [-0.1, -0.05) is 22.0 Å². The van der Waals surface area contributed by atoms with E-state index in [-0.39, 0.29) is 11.4 Å². The molecule has 0 saturated carbocycles. The number of nitrogens with zero attached hydrogens (tertiary/aromatic N) is 1. The zero-order valence-corrected chi connectivity index (χ0v) is 12.7. The number of aliphatic carboxylic acids is 1. The number of aryl methyl sites for hydroxylation is 1. The van der Waals surface area contributed by atoms with Gasteiger partial charge in [0.15, 0.2) is 0 Å². The third-order valence-corrected chi connectivity index (χ3v) is 5.77. The first-order valence-electron chi connectivity index (χ1n) is 5.85. The number of rotatable bonds is 3. The Kier molecular flexibility index (Phi) is 3.98. The second-order valence-corrected chi connectivity index (χ2v) is 7.30. The molecular formula is C12H14BrNO4S. The van der Waals surface area contributed by atoms with Gasteiger partial charge in [0, 0.05) is 11.0 Å². The van der Waals surface area contributed by atoms with Crippen LogP contribution in [0.3, 0.4) is 0 Å². The number of hydrogen-bond donors (Lipinski definition) is 1. The van der Waals surface area contributed by atoms with Crippen LogP contribution in [-0.4, -0.2) is 36.4 Å². The zero-order valence-electron chi connectivity index (χ0n) is 10.3. The van der Waals surface area contributed by atoms with Crippen molar-refractivity contribution in [1.82, 2.24) is 4.31 Å². The first-order chi connectivity index (χ1) is 8.84. The lowest BCUT2D eigenvalue weighted by molar-refractivity contribution is -0.140. The molecule has 1 aliphatic rings. The van der Waals surface area contributed by atoms with Gasteiger partial charge in [-0.2, -0.15) is 4.31 Å². The minimum absolute atomic E-state index is 0.162. The number of carboxylic acid groups (broad SMARTS) is 1. The average Bonchev–Trinajstić information content (AvgIpc) is 2.82. The molecule has 1 saturated heterocycles. The van der Waals surface area contributed by atoms with Gasteiger partial charge in [0.1, 0.15) is 6.04 Å². The Balaban J connectivity index is 2.48. The van der Waals surface area contributed by atoms with Crippen LogP contribution in [0.2, 0.25) is 0 Å². The van der Waals surface area contributed by atoms with E-state index in [1.165, 1.54) is 6.07 Å². The van der Waals surface area contributed by atoms with E-state index in [2.05, 4.69) is 15.9 Å². The molecule has 1 aliphatic heterocycles. The average molecular weight is 348 g/mol. The van der Waals surface area contributed by atoms with E-state index in [1.54, 1.807) is 19.1 Å². The number of benzene rings is 1. The fourth-order valence-corrected chi connectivity index (χ4v) is 4.67. The van der Waals surface area contributed by atoms with E-state index >= 15 is 0 Å². The van der Waals surface area contributed by atoms with Gasteiger partial charge >= 0.3 is 5.97 Å². The van der Waals surface area contributed by atoms with Crippen molar-refractivity contribution >= 4 is 31.9 Å². The molecule has 7 heteroatoms. The van der Waals surface area contributed by atoms with E-state index in [0.29, 0.717) is 22.9 Å². The van der Waals surface area contributed by atoms with Gasteiger partial charge in [-0.3, -0.25) is 4.79 Å². The first-order valence-corrected chi connectivity index (χ1v) is 8.08. The van der Waals surface area contributed by atoms with Crippen LogP contribution < -0.4 is 0 Å². The lowest BCUT2D eigenvalue weighted by Crippen LogP contribution is -2.40. The number of carboxylic acids is 1. The van der Waals surface area contributed by atoms with Gasteiger partial charge in [-0.05, 0) is 37.5 Å². The van der Waals surface area contributed by atoms with Gasteiger partial charge in [-0.25, -0.2) is 8.42 Å². The Labute approximate surface area is 120 Å². The summed E-state index contributed by atoms with van der Waals surface area (Å²) in [4.78, 5) is 11.3. The Hall–Kier alpha value is -0.920. The van der Waals surface area contributed by atoms with Crippen molar-refractivity contribution in [3.63, 3.8) is 0 Å². The maximum absolute atomic E-state index is 12.6. The van der Waals surface area contributed by atoms with Crippen molar-refractivity contribution in [2.45, 2.75) is 30.7 Å². The molecule has 1 heterocycles. The quantitative estimate of drug-likeness (QED) is 0.907. The molecule has 5 nitrogen and oxygen atoms in total. The van der Waals surface area contributed by atoms with Crippen LogP contribution in [0.15, 0.2) is 27.6 Å². The van der Waals surface area contributed by atoms with Crippen molar-refractivity contribution in [1.29, 1.82) is 0 Å². The van der Waals surface area contributed by atoms with Gasteiger partial charge in [0.05, 0.1) is 4.90 Å². The molecule has 0 bridgehead atoms. The lowest BCUT2D eigenvalue weighted by atomic mass is 10.2. The van der Waals surface area contributed by atoms with Crippen LogP contribution in [0.1, 0.15) is 18.4 Å². The van der Waals surface area contributed by atoms with E-state index in [1.807, 2.05) is 0 Å². The number of halogens is 1. The van der Waals surface area contributed by atoms with Crippen LogP contribution in [0.25, 0.3) is 0 Å². The second-order valence-electron chi connectivity index (χ2n) is 4.52. The van der Waals surface area contributed by atoms with E-state index < -0.39 is 22.0 Å². The highest BCUT2D eigenvalue weighted by atomic mass is 79.9. The van der Waals surface area contributed by atoms with Crippen molar-refractivity contribution in [2.24, 2.45) is 0 Å². The molecule has 1 N–H and O–H groups in total. The Morgan fingerprint density at radius 1 is 1.47 bits per heavy atom. The predicted molar refractivity (Wildman–Crippen MR) is 73.4 cm³/mol. The highest BCUT2D eigenvalue weighted by molar-refractivity contribution is 9.10. The monoisotopic (exact) mass is 347 g/mol. The molecule has 0 aliphatic carbocycles. The summed E-state index contributed by atoms with van der Waals surface area (Å²) in [5, 5.41) is 9.10. The van der Waals surface area contributed by atoms with E-state index in [4.69, 9.17) is 5.11 Å². The molecule has 0 spiro atoms. The summed E-state index contributed by atoms with van der Waals surface area (Å²) in [6, 6.07) is 4.01. The highest BCUT2D eigenvalue weighted by Crippen LogP contribution is 2.29. The maximum Gasteiger partial charge on any atom is 0.322 e. The molecule has 0 amide bonds. The van der Waals surface area contributed by atoms with Crippen molar-refractivity contribution < 1.29 is 18.3 Å². The molecule has 1 unspecified atom stereocenters. The fraction of sp³-hybridized carbons (Fsp3) is 0.417. The molecule has 2 rings (SSSR count). The molecule has 1 aromatic carbocycles. The van der Waals surface area contributed by atoms with Gasteiger partial charge in [-0.15, -0.1) is 0 Å². The summed E-state index contributed by atoms with van der Waals surface area (Å²) in [5.41, 5.74) is 0.610. The summed E-state index contributed by atoms with van der Waals surface area (Å²) in [6.45, 7) is 1.95. The number of hydrogen-bond acceptors (Lipinski definition) is 3. The first kappa shape index (κ1) is 14.5. The number of carbonyl (C=O) groups is 1. The third kappa shape index (κ3) is 2.68. The molecular weight excluding hydrogens is 334 g/mol. The molecule has 104 valence electrons. The van der Waals surface area contributed by atoms with Crippen LogP contribution in [0.5, 0.6) is 0 Å². The van der Waals surface area contributed by atoms with Crippen molar-refractivity contribution in [2.75, 3.05) is 6.54 Å². The number of sulfonamides is 1. The van der Waals surface area contributed by atoms with Gasteiger partial charge < -0.3 is 5.11 Å². The van der Waals surface area contributed by atoms with E-state index in [9.17, 15) is 13.2 Å². The van der Waals surface area contributed by atoms with Crippen LogP contribution >= 0.6 is 15.9 Å². The summed E-state index contributed by atoms with van der Waals surface area (Å²) >= 11 is 3.24. The van der Waals surface area contributed by atoms with Gasteiger partial charge in [0.2, 0.25) is 10.0 Å². The summed E-state index contributed by atoms with van der Waals surface area (Å²) in [7, 11) is -3.76. The van der Waals surface area contributed by atoms with Crippen LogP contribution in [0, 0.1) is 6.92 Å². The van der Waals surface area contributed by atoms with Crippen LogP contribution in [0.4, 0.5) is 0 Å². The Bertz CT molecular complexity index is 614. The minimum Gasteiger partial charge on any atom is -0.480 e. The lowest BCUT2D eigenvalue weighted by Gasteiger charge is -2.22. The maximum atomic E-state index is 12.6. The summed E-state index contributed by atoms with van der Waals surface area (Å²) in [5.74, 6) is -1.09. The molecule has 1 atom stereocenters. The SMILES string of the molecule is Cc1ccc(Br)cc1S(=O)(=O)N1CCCC1C(=O)O. The third-order valence-electron chi connectivity index (χ3n) is 3.23. The molecule has 0 radical (unpaired) electrons. The Morgan fingerprint density at radius 2 is 2.16 bits per heavy atom. The van der Waals surface area contributed by atoms with Gasteiger partial charge in [0.25, 0.3) is 0 Å². The summed E-state index contributed by atoms with van der Waals surface area (Å²) < 4.78 is 26.9. The molecule has 0 aromatic heterocycles. The molecule has 19 heavy (non-hydrogen) atoms. The van der Waals surface area contributed by atoms with Crippen LogP contribution in [-0.2, 0) is 14.8 Å². The second kappa shape index (κ2) is 5.22. The predicted octanol–water partition coefficient (Wildman–Crippen LogP) is 2.00.